The number of nitrogens with zero attached hydrogens (tertiary/aromatic N) is 1. The molecule has 0 bridgehead atoms. The lowest BCUT2D eigenvalue weighted by Gasteiger charge is -2.15. The van der Waals surface area contributed by atoms with Gasteiger partial charge in [-0.2, -0.15) is 0 Å². The second-order valence-electron chi connectivity index (χ2n) is 4.71. The molecule has 17 heavy (non-hydrogen) atoms. The number of anilines is 1. The summed E-state index contributed by atoms with van der Waals surface area (Å²) in [4.78, 5) is 2.39. The molecule has 0 amide bonds. The smallest absolute Gasteiger partial charge is 0.133 e. The number of rotatable bonds is 3. The Morgan fingerprint density at radius 1 is 1.47 bits per heavy atom. The van der Waals surface area contributed by atoms with E-state index in [1.807, 2.05) is 6.07 Å². The monoisotopic (exact) mass is 298 g/mol. The van der Waals surface area contributed by atoms with Crippen LogP contribution in [0.25, 0.3) is 0 Å². The average molecular weight is 299 g/mol. The minimum Gasteiger partial charge on any atom is -0.496 e. The fourth-order valence-corrected chi connectivity index (χ4v) is 2.83. The van der Waals surface area contributed by atoms with Gasteiger partial charge in [-0.05, 0) is 54.5 Å². The van der Waals surface area contributed by atoms with E-state index in [1.54, 1.807) is 7.11 Å². The molecule has 2 unspecified atom stereocenters. The third-order valence-corrected chi connectivity index (χ3v) is 4.03. The molecule has 1 saturated heterocycles. The van der Waals surface area contributed by atoms with Crippen LogP contribution in [-0.2, 0) is 0 Å². The summed E-state index contributed by atoms with van der Waals surface area (Å²) in [5.74, 6) is 0.868. The summed E-state index contributed by atoms with van der Waals surface area (Å²) in [7, 11) is 3.86. The predicted molar refractivity (Wildman–Crippen MR) is 74.8 cm³/mol. The van der Waals surface area contributed by atoms with E-state index in [4.69, 9.17) is 4.74 Å². The summed E-state index contributed by atoms with van der Waals surface area (Å²) in [5, 5.41) is 3.57. The third kappa shape index (κ3) is 2.93. The molecule has 4 heteroatoms. The zero-order chi connectivity index (χ0) is 12.4. The highest BCUT2D eigenvalue weighted by Crippen LogP contribution is 2.29. The van der Waals surface area contributed by atoms with Crippen molar-refractivity contribution in [2.75, 3.05) is 26.0 Å². The van der Waals surface area contributed by atoms with Gasteiger partial charge in [0.25, 0.3) is 0 Å². The van der Waals surface area contributed by atoms with E-state index in [0.717, 1.165) is 22.5 Å². The van der Waals surface area contributed by atoms with Gasteiger partial charge in [0, 0.05) is 24.3 Å². The van der Waals surface area contributed by atoms with Crippen LogP contribution in [-0.4, -0.2) is 37.7 Å². The molecule has 3 nitrogen and oxygen atoms in total. The van der Waals surface area contributed by atoms with Gasteiger partial charge in [-0.3, -0.25) is 0 Å². The van der Waals surface area contributed by atoms with Crippen LogP contribution < -0.4 is 10.1 Å². The lowest BCUT2D eigenvalue weighted by Crippen LogP contribution is -2.24. The maximum atomic E-state index is 5.22. The molecule has 94 valence electrons. The van der Waals surface area contributed by atoms with Gasteiger partial charge < -0.3 is 15.0 Å². The number of ether oxygens (including phenoxy) is 1. The maximum absolute atomic E-state index is 5.22. The normalized spacial score (nSPS) is 24.9. The van der Waals surface area contributed by atoms with Gasteiger partial charge >= 0.3 is 0 Å². The van der Waals surface area contributed by atoms with E-state index >= 15 is 0 Å². The number of hydrogen-bond donors (Lipinski definition) is 1. The van der Waals surface area contributed by atoms with Crippen molar-refractivity contribution >= 4 is 21.6 Å². The highest BCUT2D eigenvalue weighted by atomic mass is 79.9. The summed E-state index contributed by atoms with van der Waals surface area (Å²) < 4.78 is 6.21. The van der Waals surface area contributed by atoms with Crippen LogP contribution in [0.1, 0.15) is 13.3 Å². The Morgan fingerprint density at radius 3 is 2.76 bits per heavy atom. The van der Waals surface area contributed by atoms with Crippen LogP contribution in [0.5, 0.6) is 5.75 Å². The van der Waals surface area contributed by atoms with Gasteiger partial charge in [0.2, 0.25) is 0 Å². The average Bonchev–Trinajstić information content (AvgIpc) is 2.58. The number of hydrogen-bond acceptors (Lipinski definition) is 3. The molecule has 0 aliphatic carbocycles. The molecule has 0 saturated carbocycles. The first-order chi connectivity index (χ1) is 8.10. The molecule has 2 atom stereocenters. The molecule has 0 aromatic heterocycles. The van der Waals surface area contributed by atoms with E-state index in [-0.39, 0.29) is 0 Å². The number of nitrogens with one attached hydrogen (secondary N) is 1. The Bertz CT molecular complexity index is 387. The molecule has 1 N–H and O–H groups in total. The van der Waals surface area contributed by atoms with Gasteiger partial charge in [-0.25, -0.2) is 0 Å². The molecule has 1 fully saturated rings. The van der Waals surface area contributed by atoms with Crippen LogP contribution in [0.4, 0.5) is 5.69 Å². The fourth-order valence-electron chi connectivity index (χ4n) is 2.29. The van der Waals surface area contributed by atoms with Crippen molar-refractivity contribution in [1.29, 1.82) is 0 Å². The zero-order valence-electron chi connectivity index (χ0n) is 10.5. The van der Waals surface area contributed by atoms with Gasteiger partial charge in [0.15, 0.2) is 0 Å². The first-order valence-electron chi connectivity index (χ1n) is 5.90. The lowest BCUT2D eigenvalue weighted by atomic mass is 10.2. The first-order valence-corrected chi connectivity index (χ1v) is 6.69. The van der Waals surface area contributed by atoms with E-state index < -0.39 is 0 Å². The van der Waals surface area contributed by atoms with Crippen LogP contribution in [0, 0.1) is 0 Å². The standard InChI is InChI=1S/C13H19BrN2O/c1-9-6-11(8-16(9)2)15-10-4-5-13(17-3)12(14)7-10/h4-5,7,9,11,15H,6,8H2,1-3H3. The Morgan fingerprint density at radius 2 is 2.24 bits per heavy atom. The Labute approximate surface area is 111 Å². The summed E-state index contributed by atoms with van der Waals surface area (Å²) in [5.41, 5.74) is 1.14. The number of halogens is 1. The summed E-state index contributed by atoms with van der Waals surface area (Å²) in [6, 6.07) is 7.31. The number of benzene rings is 1. The highest BCUT2D eigenvalue weighted by Gasteiger charge is 2.25. The third-order valence-electron chi connectivity index (χ3n) is 3.41. The largest absolute Gasteiger partial charge is 0.496 e. The Hall–Kier alpha value is -0.740. The van der Waals surface area contributed by atoms with E-state index in [9.17, 15) is 0 Å². The SMILES string of the molecule is COc1ccc(NC2CC(C)N(C)C2)cc1Br. The molecule has 1 aromatic rings. The summed E-state index contributed by atoms with van der Waals surface area (Å²) in [6.07, 6.45) is 1.19. The van der Waals surface area contributed by atoms with Crippen molar-refractivity contribution in [3.63, 3.8) is 0 Å². The molecule has 1 aliphatic rings. The van der Waals surface area contributed by atoms with Crippen LogP contribution in [0.15, 0.2) is 22.7 Å². The van der Waals surface area contributed by atoms with Gasteiger partial charge in [-0.1, -0.05) is 0 Å². The topological polar surface area (TPSA) is 24.5 Å². The second-order valence-corrected chi connectivity index (χ2v) is 5.57. The van der Waals surface area contributed by atoms with Crippen LogP contribution >= 0.6 is 15.9 Å². The minimum absolute atomic E-state index is 0.537. The first kappa shape index (κ1) is 12.7. The summed E-state index contributed by atoms with van der Waals surface area (Å²) >= 11 is 3.50. The zero-order valence-corrected chi connectivity index (χ0v) is 12.1. The molecule has 1 aliphatic heterocycles. The van der Waals surface area contributed by atoms with Crippen molar-refractivity contribution in [3.8, 4) is 5.75 Å². The van der Waals surface area contributed by atoms with Crippen LogP contribution in [0.2, 0.25) is 0 Å². The van der Waals surface area contributed by atoms with E-state index in [0.29, 0.717) is 12.1 Å². The molecule has 2 rings (SSSR count). The predicted octanol–water partition coefficient (Wildman–Crippen LogP) is 2.96. The van der Waals surface area contributed by atoms with E-state index in [1.165, 1.54) is 6.42 Å². The maximum Gasteiger partial charge on any atom is 0.133 e. The number of likely N-dealkylation sites (tertiary alicyclic amines) is 1. The molecule has 0 radical (unpaired) electrons. The van der Waals surface area contributed by atoms with Gasteiger partial charge in [-0.15, -0.1) is 0 Å². The highest BCUT2D eigenvalue weighted by molar-refractivity contribution is 9.10. The van der Waals surface area contributed by atoms with Crippen molar-refractivity contribution in [3.05, 3.63) is 22.7 Å². The second kappa shape index (κ2) is 5.27. The van der Waals surface area contributed by atoms with Gasteiger partial charge in [0.1, 0.15) is 5.75 Å². The molecule has 1 heterocycles. The fraction of sp³-hybridized carbons (Fsp3) is 0.538. The van der Waals surface area contributed by atoms with Crippen molar-refractivity contribution in [2.45, 2.75) is 25.4 Å². The van der Waals surface area contributed by atoms with Crippen LogP contribution in [0.3, 0.4) is 0 Å². The van der Waals surface area contributed by atoms with Gasteiger partial charge in [0.05, 0.1) is 11.6 Å². The van der Waals surface area contributed by atoms with Crippen molar-refractivity contribution in [1.82, 2.24) is 4.90 Å². The lowest BCUT2D eigenvalue weighted by molar-refractivity contribution is 0.330. The molecular weight excluding hydrogens is 280 g/mol. The Kier molecular flexibility index (Phi) is 3.94. The quantitative estimate of drug-likeness (QED) is 0.928. The Balaban J connectivity index is 2.02. The molecule has 1 aromatic carbocycles. The number of likely N-dealkylation sites (N-methyl/N-ethyl adjacent to an activating group) is 1. The van der Waals surface area contributed by atoms with E-state index in [2.05, 4.69) is 52.3 Å². The van der Waals surface area contributed by atoms with Crippen molar-refractivity contribution < 1.29 is 4.74 Å². The minimum atomic E-state index is 0.537. The summed E-state index contributed by atoms with van der Waals surface area (Å²) in [6.45, 7) is 3.37. The molecular formula is C13H19BrN2O. The number of methoxy groups -OCH3 is 1. The van der Waals surface area contributed by atoms with Crippen molar-refractivity contribution in [2.24, 2.45) is 0 Å². The molecule has 0 spiro atoms.